The Morgan fingerprint density at radius 3 is 1.50 bits per heavy atom. The van der Waals surface area contributed by atoms with Crippen LogP contribution in [0.25, 0.3) is 0 Å². The van der Waals surface area contributed by atoms with Crippen molar-refractivity contribution in [3.63, 3.8) is 0 Å². The van der Waals surface area contributed by atoms with E-state index in [9.17, 15) is 0 Å². The van der Waals surface area contributed by atoms with Crippen LogP contribution in [0.2, 0.25) is 5.54 Å². The quantitative estimate of drug-likeness (QED) is 0.231. The zero-order valence-corrected chi connectivity index (χ0v) is 21.5. The van der Waals surface area contributed by atoms with Crippen molar-refractivity contribution in [2.75, 3.05) is 0 Å². The van der Waals surface area contributed by atoms with Crippen molar-refractivity contribution >= 4 is 120 Å². The van der Waals surface area contributed by atoms with Crippen LogP contribution in [0, 0.1) is 0 Å². The van der Waals surface area contributed by atoms with Crippen LogP contribution in [0.5, 0.6) is 0 Å². The molecule has 1 unspecified atom stereocenters. The average molecular weight is 701 g/mol. The standard InChI is InChI=1S/C4H9Br7Si3/c1-3-4(2)12(5,6)14(10,11)13(7,8)9/h4H,3H2,1-2H3. The predicted molar refractivity (Wildman–Crippen MR) is 99.5 cm³/mol. The maximum atomic E-state index is 3.93. The van der Waals surface area contributed by atoms with Gasteiger partial charge in [0.15, 0.2) is 0 Å². The third-order valence-electron chi connectivity index (χ3n) is 2.01. The molecule has 0 aromatic rings. The summed E-state index contributed by atoms with van der Waals surface area (Å²) in [6, 6.07) is 0. The molecular formula is C4H9Br7Si3. The molecule has 0 fully saturated rings. The molecule has 0 nitrogen and oxygen atoms in total. The van der Waals surface area contributed by atoms with Gasteiger partial charge < -0.3 is 0 Å². The summed E-state index contributed by atoms with van der Waals surface area (Å²) in [7, 11) is 0. The molecule has 0 rings (SSSR count). The van der Waals surface area contributed by atoms with Crippen LogP contribution in [-0.2, 0) is 0 Å². The number of halogens is 7. The molecule has 0 aromatic heterocycles. The van der Waals surface area contributed by atoms with E-state index in [2.05, 4.69) is 121 Å². The molecular weight excluding hydrogens is 692 g/mol. The fourth-order valence-electron chi connectivity index (χ4n) is 0.755. The Bertz CT molecular complexity index is 200. The zero-order valence-electron chi connectivity index (χ0n) is 7.43. The summed E-state index contributed by atoms with van der Waals surface area (Å²) in [5, 5.41) is 0. The normalized spacial score (nSPS) is 16.9. The fraction of sp³-hybridized carbons (Fsp3) is 1.00. The number of hydrogen-bond donors (Lipinski definition) is 0. The minimum atomic E-state index is -1.73. The molecule has 86 valence electrons. The number of rotatable bonds is 4. The second-order valence-electron chi connectivity index (χ2n) is 3.00. The van der Waals surface area contributed by atoms with Gasteiger partial charge in [-0.1, -0.05) is 66.1 Å². The highest BCUT2D eigenvalue weighted by atomic mass is 80.0. The first kappa shape index (κ1) is 18.0. The van der Waals surface area contributed by atoms with E-state index in [1.54, 1.807) is 0 Å². The van der Waals surface area contributed by atoms with Crippen molar-refractivity contribution < 1.29 is 0 Å². The maximum Gasteiger partial charge on any atom is 0.278 e. The average Bonchev–Trinajstić information content (AvgIpc) is 2.00. The zero-order chi connectivity index (χ0) is 11.8. The molecule has 0 aliphatic carbocycles. The van der Waals surface area contributed by atoms with Crippen molar-refractivity contribution in [3.05, 3.63) is 0 Å². The van der Waals surface area contributed by atoms with Crippen molar-refractivity contribution in [3.8, 4) is 0 Å². The van der Waals surface area contributed by atoms with E-state index < -0.39 is 12.6 Å². The Balaban J connectivity index is 5.07. The van der Waals surface area contributed by atoms with Gasteiger partial charge in [0.25, 0.3) is 3.45 Å². The van der Waals surface area contributed by atoms with E-state index in [0.717, 1.165) is 0 Å². The lowest BCUT2D eigenvalue weighted by Crippen LogP contribution is -2.59. The van der Waals surface area contributed by atoms with Crippen LogP contribution >= 0.6 is 107 Å². The summed E-state index contributed by atoms with van der Waals surface area (Å²) in [5.74, 6) is 0. The molecule has 0 N–H and O–H groups in total. The van der Waals surface area contributed by atoms with E-state index >= 15 is 0 Å². The summed E-state index contributed by atoms with van der Waals surface area (Å²) in [4.78, 5) is -1.65. The molecule has 0 aliphatic rings. The van der Waals surface area contributed by atoms with Crippen molar-refractivity contribution in [1.82, 2.24) is 0 Å². The van der Waals surface area contributed by atoms with E-state index in [1.165, 1.54) is 6.42 Å². The van der Waals surface area contributed by atoms with Gasteiger partial charge in [0.1, 0.15) is 0 Å². The number of hydrogen-bond acceptors (Lipinski definition) is 0. The van der Waals surface area contributed by atoms with Gasteiger partial charge in [0, 0.05) is 0 Å². The topological polar surface area (TPSA) is 0 Å². The highest BCUT2D eigenvalue weighted by Gasteiger charge is 2.64. The van der Waals surface area contributed by atoms with Gasteiger partial charge in [-0.3, -0.25) is 0 Å². The molecule has 0 saturated carbocycles. The van der Waals surface area contributed by atoms with Gasteiger partial charge in [-0.25, -0.2) is 0 Å². The largest absolute Gasteiger partial charge is 0.278 e. The Kier molecular flexibility index (Phi) is 8.29. The van der Waals surface area contributed by atoms with Crippen molar-refractivity contribution in [2.24, 2.45) is 0 Å². The third-order valence-corrected chi connectivity index (χ3v) is 136. The summed E-state index contributed by atoms with van der Waals surface area (Å²) in [5.41, 5.74) is 0.660. The molecule has 0 spiro atoms. The summed E-state index contributed by atoms with van der Waals surface area (Å²) < 4.78 is -3.45. The van der Waals surface area contributed by atoms with Gasteiger partial charge in [-0.15, -0.1) is 61.2 Å². The van der Waals surface area contributed by atoms with Gasteiger partial charge in [-0.05, 0) is 5.54 Å². The molecule has 1 atom stereocenters. The van der Waals surface area contributed by atoms with E-state index in [0.29, 0.717) is 5.54 Å². The molecule has 0 heterocycles. The molecule has 0 radical (unpaired) electrons. The minimum absolute atomic E-state index is 0.660. The molecule has 0 bridgehead atoms. The van der Waals surface area contributed by atoms with Crippen molar-refractivity contribution in [2.45, 2.75) is 25.8 Å². The minimum Gasteiger partial charge on any atom is -0.113 e. The lowest BCUT2D eigenvalue weighted by Gasteiger charge is -2.38. The van der Waals surface area contributed by atoms with E-state index in [1.807, 2.05) is 0 Å². The van der Waals surface area contributed by atoms with Gasteiger partial charge >= 0.3 is 0 Å². The highest BCUT2D eigenvalue weighted by molar-refractivity contribution is 9.84. The predicted octanol–water partition coefficient (Wildman–Crippen LogP) is 6.53. The lowest BCUT2D eigenvalue weighted by molar-refractivity contribution is 0.872. The van der Waals surface area contributed by atoms with Crippen molar-refractivity contribution in [1.29, 1.82) is 0 Å². The molecule has 14 heavy (non-hydrogen) atoms. The van der Waals surface area contributed by atoms with Crippen LogP contribution in [0.3, 0.4) is 0 Å². The van der Waals surface area contributed by atoms with Crippen LogP contribution in [0.15, 0.2) is 0 Å². The van der Waals surface area contributed by atoms with Gasteiger partial charge in [0.05, 0.1) is 0 Å². The Morgan fingerprint density at radius 2 is 1.29 bits per heavy atom. The third kappa shape index (κ3) is 4.01. The van der Waals surface area contributed by atoms with E-state index in [-0.39, 0.29) is 0 Å². The first-order chi connectivity index (χ1) is 5.98. The van der Waals surface area contributed by atoms with Crippen LogP contribution in [-0.4, -0.2) is 12.6 Å². The first-order valence-electron chi connectivity index (χ1n) is 3.80. The van der Waals surface area contributed by atoms with Crippen LogP contribution < -0.4 is 0 Å². The summed E-state index contributed by atoms with van der Waals surface area (Å²) in [6.07, 6.45) is 1.17. The van der Waals surface area contributed by atoms with Gasteiger partial charge in [-0.2, -0.15) is 0 Å². The SMILES string of the molecule is CCC(C)[Si](Br)(Br)[Si](Br)(Br)[Si](Br)(Br)Br. The van der Waals surface area contributed by atoms with E-state index in [4.69, 9.17) is 0 Å². The molecule has 0 saturated heterocycles. The lowest BCUT2D eigenvalue weighted by atomic mass is 10.4. The van der Waals surface area contributed by atoms with Crippen LogP contribution in [0.4, 0.5) is 0 Å². The Hall–Kier alpha value is 4.01. The summed E-state index contributed by atoms with van der Waals surface area (Å²) in [6.45, 7) is 4.51. The smallest absolute Gasteiger partial charge is 0.113 e. The summed E-state index contributed by atoms with van der Waals surface area (Å²) >= 11 is 26.9. The highest BCUT2D eigenvalue weighted by Crippen LogP contribution is 2.57. The second kappa shape index (κ2) is 6.45. The fourth-order valence-corrected chi connectivity index (χ4v) is 105. The molecule has 0 amide bonds. The second-order valence-corrected chi connectivity index (χ2v) is 79.1. The molecule has 0 aliphatic heterocycles. The molecule has 10 heteroatoms. The van der Waals surface area contributed by atoms with Crippen LogP contribution in [0.1, 0.15) is 20.3 Å². The van der Waals surface area contributed by atoms with Gasteiger partial charge in [0.2, 0.25) is 9.18 Å². The molecule has 0 aromatic carbocycles. The monoisotopic (exact) mass is 693 g/mol. The Labute approximate surface area is 143 Å². The Morgan fingerprint density at radius 1 is 0.929 bits per heavy atom. The maximum absolute atomic E-state index is 3.93. The first-order valence-corrected chi connectivity index (χ1v) is 27.7.